The molecule has 1 aromatic carbocycles. The van der Waals surface area contributed by atoms with Crippen LogP contribution in [0.1, 0.15) is 16.1 Å². The van der Waals surface area contributed by atoms with Gasteiger partial charge in [-0.1, -0.05) is 6.07 Å². The highest BCUT2D eigenvalue weighted by Gasteiger charge is 2.12. The first kappa shape index (κ1) is 14.2. The van der Waals surface area contributed by atoms with E-state index in [4.69, 9.17) is 0 Å². The van der Waals surface area contributed by atoms with Crippen molar-refractivity contribution in [3.8, 4) is 0 Å². The second-order valence-corrected chi connectivity index (χ2v) is 4.91. The molecule has 0 radical (unpaired) electrons. The van der Waals surface area contributed by atoms with Crippen molar-refractivity contribution in [2.75, 3.05) is 0 Å². The number of carbonyl (C=O) groups excluding carboxylic acids is 1. The summed E-state index contributed by atoms with van der Waals surface area (Å²) in [6.45, 7) is 0.276. The molecule has 1 amide bonds. The number of halogens is 1. The Morgan fingerprint density at radius 3 is 2.90 bits per heavy atom. The van der Waals surface area contributed by atoms with Gasteiger partial charge >= 0.3 is 0 Å². The first-order chi connectivity index (χ1) is 9.49. The van der Waals surface area contributed by atoms with Crippen molar-refractivity contribution in [1.29, 1.82) is 0 Å². The number of carbonyl (C=O) groups is 1. The van der Waals surface area contributed by atoms with Gasteiger partial charge in [-0.2, -0.15) is 5.10 Å². The van der Waals surface area contributed by atoms with Crippen LogP contribution in [0.5, 0.6) is 0 Å². The van der Waals surface area contributed by atoms with Gasteiger partial charge in [0.25, 0.3) is 11.6 Å². The van der Waals surface area contributed by atoms with E-state index in [9.17, 15) is 14.9 Å². The lowest BCUT2D eigenvalue weighted by Gasteiger charge is -2.06. The fraction of sp³-hybridized carbons (Fsp3) is 0.167. The number of hydrogen-bond donors (Lipinski definition) is 1. The van der Waals surface area contributed by atoms with E-state index >= 15 is 0 Å². The maximum absolute atomic E-state index is 12.0. The van der Waals surface area contributed by atoms with Crippen molar-refractivity contribution in [2.24, 2.45) is 7.05 Å². The zero-order valence-electron chi connectivity index (χ0n) is 10.5. The average Bonchev–Trinajstić information content (AvgIpc) is 2.75. The van der Waals surface area contributed by atoms with Crippen LogP contribution in [0.25, 0.3) is 0 Å². The number of aryl methyl sites for hydroxylation is 1. The van der Waals surface area contributed by atoms with Crippen LogP contribution in [0.2, 0.25) is 0 Å². The van der Waals surface area contributed by atoms with Gasteiger partial charge < -0.3 is 5.32 Å². The summed E-state index contributed by atoms with van der Waals surface area (Å²) in [4.78, 5) is 22.1. The summed E-state index contributed by atoms with van der Waals surface area (Å²) in [6, 6.07) is 5.59. The maximum Gasteiger partial charge on any atom is 0.270 e. The van der Waals surface area contributed by atoms with Crippen LogP contribution in [0.4, 0.5) is 5.69 Å². The average molecular weight is 339 g/mol. The normalized spacial score (nSPS) is 10.3. The topological polar surface area (TPSA) is 90.1 Å². The van der Waals surface area contributed by atoms with Crippen molar-refractivity contribution in [3.63, 3.8) is 0 Å². The van der Waals surface area contributed by atoms with Crippen LogP contribution < -0.4 is 5.32 Å². The third kappa shape index (κ3) is 3.02. The molecule has 0 aliphatic rings. The molecule has 1 N–H and O–H groups in total. The number of benzene rings is 1. The molecule has 0 atom stereocenters. The number of non-ortho nitro benzene ring substituents is 1. The molecule has 0 saturated heterocycles. The Balaban J connectivity index is 2.09. The molecule has 20 heavy (non-hydrogen) atoms. The predicted octanol–water partition coefficient (Wildman–Crippen LogP) is 2.02. The summed E-state index contributed by atoms with van der Waals surface area (Å²) in [5.41, 5.74) is 0.945. The molecule has 8 heteroatoms. The largest absolute Gasteiger partial charge is 0.346 e. The summed E-state index contributed by atoms with van der Waals surface area (Å²) < 4.78 is 2.43. The molecule has 0 bridgehead atoms. The summed E-state index contributed by atoms with van der Waals surface area (Å²) in [5, 5.41) is 17.4. The highest BCUT2D eigenvalue weighted by Crippen LogP contribution is 2.16. The zero-order chi connectivity index (χ0) is 14.7. The van der Waals surface area contributed by atoms with Crippen molar-refractivity contribution in [3.05, 3.63) is 56.3 Å². The van der Waals surface area contributed by atoms with Crippen LogP contribution in [0, 0.1) is 10.1 Å². The molecule has 0 spiro atoms. The lowest BCUT2D eigenvalue weighted by molar-refractivity contribution is -0.384. The number of nitrogens with one attached hydrogen (secondary N) is 1. The van der Waals surface area contributed by atoms with Crippen LogP contribution in [0.15, 0.2) is 34.9 Å². The second kappa shape index (κ2) is 5.83. The van der Waals surface area contributed by atoms with Gasteiger partial charge in [0.15, 0.2) is 0 Å². The lowest BCUT2D eigenvalue weighted by atomic mass is 10.2. The van der Waals surface area contributed by atoms with Crippen LogP contribution >= 0.6 is 15.9 Å². The minimum Gasteiger partial charge on any atom is -0.346 e. The minimum atomic E-state index is -0.533. The maximum atomic E-state index is 12.0. The van der Waals surface area contributed by atoms with Gasteiger partial charge in [0.2, 0.25) is 0 Å². The number of hydrogen-bond acceptors (Lipinski definition) is 4. The van der Waals surface area contributed by atoms with E-state index in [1.807, 2.05) is 0 Å². The number of amides is 1. The molecule has 0 aliphatic carbocycles. The van der Waals surface area contributed by atoms with Gasteiger partial charge in [-0.25, -0.2) is 0 Å². The molecule has 1 aromatic heterocycles. The van der Waals surface area contributed by atoms with Crippen molar-refractivity contribution in [2.45, 2.75) is 6.54 Å². The first-order valence-electron chi connectivity index (χ1n) is 5.68. The van der Waals surface area contributed by atoms with E-state index in [0.717, 1.165) is 10.2 Å². The van der Waals surface area contributed by atoms with E-state index in [1.54, 1.807) is 17.9 Å². The van der Waals surface area contributed by atoms with E-state index in [0.29, 0.717) is 0 Å². The molecule has 2 rings (SSSR count). The summed E-state index contributed by atoms with van der Waals surface area (Å²) >= 11 is 3.33. The molecule has 7 nitrogen and oxygen atoms in total. The number of nitrogens with zero attached hydrogens (tertiary/aromatic N) is 3. The molecule has 1 heterocycles. The van der Waals surface area contributed by atoms with Gasteiger partial charge in [0, 0.05) is 24.7 Å². The monoisotopic (exact) mass is 338 g/mol. The second-order valence-electron chi connectivity index (χ2n) is 4.05. The van der Waals surface area contributed by atoms with Crippen LogP contribution in [0.3, 0.4) is 0 Å². The Hall–Kier alpha value is -2.22. The molecular weight excluding hydrogens is 328 g/mol. The van der Waals surface area contributed by atoms with Gasteiger partial charge in [0.05, 0.1) is 27.8 Å². The standard InChI is InChI=1S/C12H11BrN4O3/c1-16-11(10(13)6-15-16)7-14-12(18)8-3-2-4-9(5-8)17(19)20/h2-6H,7H2,1H3,(H,14,18). The van der Waals surface area contributed by atoms with E-state index in [2.05, 4.69) is 26.3 Å². The third-order valence-corrected chi connectivity index (χ3v) is 3.41. The lowest BCUT2D eigenvalue weighted by Crippen LogP contribution is -2.24. The van der Waals surface area contributed by atoms with Crippen molar-refractivity contribution >= 4 is 27.5 Å². The fourth-order valence-corrected chi connectivity index (χ4v) is 2.15. The first-order valence-corrected chi connectivity index (χ1v) is 6.47. The highest BCUT2D eigenvalue weighted by molar-refractivity contribution is 9.10. The van der Waals surface area contributed by atoms with Gasteiger partial charge in [-0.05, 0) is 22.0 Å². The molecular formula is C12H11BrN4O3. The number of aromatic nitrogens is 2. The van der Waals surface area contributed by atoms with E-state index in [-0.39, 0.29) is 23.7 Å². The smallest absolute Gasteiger partial charge is 0.270 e. The minimum absolute atomic E-state index is 0.112. The Morgan fingerprint density at radius 1 is 1.55 bits per heavy atom. The Morgan fingerprint density at radius 2 is 2.30 bits per heavy atom. The highest BCUT2D eigenvalue weighted by atomic mass is 79.9. The summed E-state index contributed by atoms with van der Waals surface area (Å²) in [6.07, 6.45) is 1.63. The van der Waals surface area contributed by atoms with Crippen LogP contribution in [-0.4, -0.2) is 20.6 Å². The van der Waals surface area contributed by atoms with Gasteiger partial charge in [-0.3, -0.25) is 19.6 Å². The zero-order valence-corrected chi connectivity index (χ0v) is 12.1. The molecule has 104 valence electrons. The third-order valence-electron chi connectivity index (χ3n) is 2.75. The van der Waals surface area contributed by atoms with Gasteiger partial charge in [-0.15, -0.1) is 0 Å². The summed E-state index contributed by atoms with van der Waals surface area (Å²) in [5.74, 6) is -0.373. The number of nitro benzene ring substituents is 1. The number of rotatable bonds is 4. The van der Waals surface area contributed by atoms with Crippen molar-refractivity contribution in [1.82, 2.24) is 15.1 Å². The fourth-order valence-electron chi connectivity index (χ4n) is 1.66. The van der Waals surface area contributed by atoms with Crippen molar-refractivity contribution < 1.29 is 9.72 Å². The molecule has 0 fully saturated rings. The molecule has 0 unspecified atom stereocenters. The van der Waals surface area contributed by atoms with E-state index < -0.39 is 4.92 Å². The number of nitro groups is 1. The Kier molecular flexibility index (Phi) is 4.14. The molecule has 0 saturated carbocycles. The van der Waals surface area contributed by atoms with Gasteiger partial charge in [0.1, 0.15) is 0 Å². The van der Waals surface area contributed by atoms with E-state index in [1.165, 1.54) is 24.3 Å². The predicted molar refractivity (Wildman–Crippen MR) is 75.2 cm³/mol. The quantitative estimate of drug-likeness (QED) is 0.682. The Bertz CT molecular complexity index is 649. The SMILES string of the molecule is Cn1ncc(Br)c1CNC(=O)c1cccc([N+](=O)[O-])c1. The molecule has 0 aliphatic heterocycles. The molecule has 2 aromatic rings. The Labute approximate surface area is 122 Å². The summed E-state index contributed by atoms with van der Waals surface area (Å²) in [7, 11) is 1.76. The van der Waals surface area contributed by atoms with Crippen LogP contribution in [-0.2, 0) is 13.6 Å².